The highest BCUT2D eigenvalue weighted by atomic mass is 16.5. The lowest BCUT2D eigenvalue weighted by molar-refractivity contribution is -0.141. The van der Waals surface area contributed by atoms with Crippen molar-refractivity contribution >= 4 is 11.7 Å². The third-order valence-corrected chi connectivity index (χ3v) is 4.92. The van der Waals surface area contributed by atoms with E-state index in [4.69, 9.17) is 9.47 Å². The second-order valence-electron chi connectivity index (χ2n) is 6.92. The molecule has 0 aromatic heterocycles. The van der Waals surface area contributed by atoms with Gasteiger partial charge in [-0.25, -0.2) is 0 Å². The number of methoxy groups -OCH3 is 1. The number of carbonyl (C=O) groups excluding carboxylic acids is 1. The summed E-state index contributed by atoms with van der Waals surface area (Å²) in [6.45, 7) is 2.04. The Hall–Kier alpha value is -3.11. The number of nitrogens with zero attached hydrogens (tertiary/aromatic N) is 1. The third kappa shape index (κ3) is 5.69. The van der Waals surface area contributed by atoms with E-state index in [1.54, 1.807) is 0 Å². The normalized spacial score (nSPS) is 11.7. The maximum absolute atomic E-state index is 12.4. The van der Waals surface area contributed by atoms with Crippen LogP contribution in [0.25, 0.3) is 0 Å². The molecular formula is C25H27NO3. The van der Waals surface area contributed by atoms with E-state index < -0.39 is 5.92 Å². The Kier molecular flexibility index (Phi) is 7.42. The van der Waals surface area contributed by atoms with Crippen molar-refractivity contribution in [1.82, 2.24) is 0 Å². The highest BCUT2D eigenvalue weighted by Gasteiger charge is 2.23. The molecular weight excluding hydrogens is 362 g/mol. The summed E-state index contributed by atoms with van der Waals surface area (Å²) in [7, 11) is 3.46. The molecule has 0 radical (unpaired) electrons. The van der Waals surface area contributed by atoms with Crippen molar-refractivity contribution in [3.05, 3.63) is 102 Å². The topological polar surface area (TPSA) is 38.8 Å². The van der Waals surface area contributed by atoms with E-state index >= 15 is 0 Å². The molecule has 3 aromatic rings. The molecule has 3 rings (SSSR count). The van der Waals surface area contributed by atoms with Gasteiger partial charge in [0.25, 0.3) is 0 Å². The van der Waals surface area contributed by atoms with Crippen LogP contribution in [0.1, 0.15) is 22.6 Å². The van der Waals surface area contributed by atoms with Crippen LogP contribution in [0.5, 0.6) is 0 Å². The minimum atomic E-state index is -0.422. The minimum Gasteiger partial charge on any atom is -0.468 e. The Bertz CT molecular complexity index is 879. The molecule has 0 aliphatic carbocycles. The Morgan fingerprint density at radius 2 is 1.45 bits per heavy atom. The summed E-state index contributed by atoms with van der Waals surface area (Å²) in [5.74, 6) is -0.679. The van der Waals surface area contributed by atoms with E-state index in [1.807, 2.05) is 79.8 Å². The second-order valence-corrected chi connectivity index (χ2v) is 6.92. The average molecular weight is 389 g/mol. The van der Waals surface area contributed by atoms with Crippen LogP contribution in [0.2, 0.25) is 0 Å². The first-order valence-corrected chi connectivity index (χ1v) is 9.74. The average Bonchev–Trinajstić information content (AvgIpc) is 2.78. The summed E-state index contributed by atoms with van der Waals surface area (Å²) in [6.07, 6.45) is 0. The van der Waals surface area contributed by atoms with Crippen LogP contribution in [-0.4, -0.2) is 33.3 Å². The molecule has 0 spiro atoms. The maximum atomic E-state index is 12.4. The number of benzene rings is 3. The molecule has 0 N–H and O–H groups in total. The Morgan fingerprint density at radius 1 is 0.862 bits per heavy atom. The monoisotopic (exact) mass is 389 g/mol. The Morgan fingerprint density at radius 3 is 2.07 bits per heavy atom. The largest absolute Gasteiger partial charge is 0.468 e. The van der Waals surface area contributed by atoms with Crippen LogP contribution in [-0.2, 0) is 20.9 Å². The van der Waals surface area contributed by atoms with E-state index in [0.29, 0.717) is 13.2 Å². The van der Waals surface area contributed by atoms with Crippen molar-refractivity contribution in [2.24, 2.45) is 0 Å². The molecule has 0 saturated carbocycles. The molecule has 29 heavy (non-hydrogen) atoms. The number of ether oxygens (including phenoxy) is 2. The molecule has 150 valence electrons. The standard InChI is InChI=1S/C25H27NO3/c1-26(17-18-29-19-20-9-5-3-6-10-20)23-15-13-22(14-16-23)24(25(27)28-2)21-11-7-4-8-12-21/h3-16,24H,17-19H2,1-2H3. The quantitative estimate of drug-likeness (QED) is 0.395. The van der Waals surface area contributed by atoms with Crippen molar-refractivity contribution in [3.63, 3.8) is 0 Å². The van der Waals surface area contributed by atoms with E-state index in [9.17, 15) is 4.79 Å². The van der Waals surface area contributed by atoms with Crippen LogP contribution < -0.4 is 4.90 Å². The smallest absolute Gasteiger partial charge is 0.317 e. The van der Waals surface area contributed by atoms with Crippen LogP contribution >= 0.6 is 0 Å². The predicted octanol–water partition coefficient (Wildman–Crippen LogP) is 4.64. The van der Waals surface area contributed by atoms with Crippen molar-refractivity contribution in [1.29, 1.82) is 0 Å². The summed E-state index contributed by atoms with van der Waals surface area (Å²) >= 11 is 0. The Balaban J connectivity index is 1.60. The third-order valence-electron chi connectivity index (χ3n) is 4.92. The van der Waals surface area contributed by atoms with Gasteiger partial charge < -0.3 is 14.4 Å². The highest BCUT2D eigenvalue weighted by molar-refractivity contribution is 5.82. The van der Waals surface area contributed by atoms with Gasteiger partial charge in [-0.2, -0.15) is 0 Å². The predicted molar refractivity (Wildman–Crippen MR) is 116 cm³/mol. The molecule has 1 atom stereocenters. The molecule has 3 aromatic carbocycles. The SMILES string of the molecule is COC(=O)C(c1ccccc1)c1ccc(N(C)CCOCc2ccccc2)cc1. The summed E-state index contributed by atoms with van der Waals surface area (Å²) in [5.41, 5.74) is 4.10. The number of hydrogen-bond donors (Lipinski definition) is 0. The van der Waals surface area contributed by atoms with Crippen molar-refractivity contribution < 1.29 is 14.3 Å². The van der Waals surface area contributed by atoms with Crippen molar-refractivity contribution in [3.8, 4) is 0 Å². The van der Waals surface area contributed by atoms with Crippen LogP contribution in [0, 0.1) is 0 Å². The molecule has 0 aliphatic heterocycles. The lowest BCUT2D eigenvalue weighted by atomic mass is 9.91. The fourth-order valence-corrected chi connectivity index (χ4v) is 3.24. The molecule has 0 fully saturated rings. The van der Waals surface area contributed by atoms with Gasteiger partial charge in [0.05, 0.1) is 20.3 Å². The van der Waals surface area contributed by atoms with Gasteiger partial charge in [0, 0.05) is 19.3 Å². The fourth-order valence-electron chi connectivity index (χ4n) is 3.24. The van der Waals surface area contributed by atoms with Gasteiger partial charge in [-0.05, 0) is 28.8 Å². The van der Waals surface area contributed by atoms with Crippen molar-refractivity contribution in [2.45, 2.75) is 12.5 Å². The molecule has 4 nitrogen and oxygen atoms in total. The summed E-state index contributed by atoms with van der Waals surface area (Å²) in [5, 5.41) is 0. The molecule has 0 saturated heterocycles. The fraction of sp³-hybridized carbons (Fsp3) is 0.240. The van der Waals surface area contributed by atoms with Crippen LogP contribution in [0.15, 0.2) is 84.9 Å². The first-order valence-electron chi connectivity index (χ1n) is 9.74. The van der Waals surface area contributed by atoms with Crippen LogP contribution in [0.3, 0.4) is 0 Å². The lowest BCUT2D eigenvalue weighted by Gasteiger charge is -2.21. The number of anilines is 1. The molecule has 0 bridgehead atoms. The molecule has 1 unspecified atom stereocenters. The molecule has 0 aliphatic rings. The first kappa shape index (κ1) is 20.6. The number of carbonyl (C=O) groups is 1. The van der Waals surface area contributed by atoms with Crippen LogP contribution in [0.4, 0.5) is 5.69 Å². The van der Waals surface area contributed by atoms with Gasteiger partial charge in [-0.3, -0.25) is 4.79 Å². The zero-order valence-electron chi connectivity index (χ0n) is 17.0. The number of rotatable bonds is 9. The van der Waals surface area contributed by atoms with Gasteiger partial charge in [-0.1, -0.05) is 72.8 Å². The maximum Gasteiger partial charge on any atom is 0.317 e. The van der Waals surface area contributed by atoms with Gasteiger partial charge >= 0.3 is 5.97 Å². The van der Waals surface area contributed by atoms with E-state index in [1.165, 1.54) is 12.7 Å². The number of esters is 1. The Labute approximate surface area is 172 Å². The molecule has 4 heteroatoms. The summed E-state index contributed by atoms with van der Waals surface area (Å²) < 4.78 is 10.8. The van der Waals surface area contributed by atoms with E-state index in [-0.39, 0.29) is 5.97 Å². The summed E-state index contributed by atoms with van der Waals surface area (Å²) in [6, 6.07) is 27.9. The van der Waals surface area contributed by atoms with Crippen molar-refractivity contribution in [2.75, 3.05) is 32.2 Å². The first-order chi connectivity index (χ1) is 14.2. The van der Waals surface area contributed by atoms with E-state index in [0.717, 1.165) is 23.4 Å². The van der Waals surface area contributed by atoms with Gasteiger partial charge in [0.1, 0.15) is 5.92 Å². The zero-order valence-corrected chi connectivity index (χ0v) is 17.0. The minimum absolute atomic E-state index is 0.258. The van der Waals surface area contributed by atoms with Gasteiger partial charge in [0.15, 0.2) is 0 Å². The number of hydrogen-bond acceptors (Lipinski definition) is 4. The molecule has 0 heterocycles. The van der Waals surface area contributed by atoms with Gasteiger partial charge in [-0.15, -0.1) is 0 Å². The van der Waals surface area contributed by atoms with Gasteiger partial charge in [0.2, 0.25) is 0 Å². The highest BCUT2D eigenvalue weighted by Crippen LogP contribution is 2.27. The number of likely N-dealkylation sites (N-methyl/N-ethyl adjacent to an activating group) is 1. The zero-order chi connectivity index (χ0) is 20.5. The lowest BCUT2D eigenvalue weighted by Crippen LogP contribution is -2.22. The molecule has 0 amide bonds. The second kappa shape index (κ2) is 10.4. The summed E-state index contributed by atoms with van der Waals surface area (Å²) in [4.78, 5) is 14.5. The van der Waals surface area contributed by atoms with E-state index in [2.05, 4.69) is 17.0 Å².